The van der Waals surface area contributed by atoms with E-state index in [1.54, 1.807) is 48.5 Å². The summed E-state index contributed by atoms with van der Waals surface area (Å²) in [5.41, 5.74) is 6.89. The third-order valence-electron chi connectivity index (χ3n) is 2.80. The maximum absolute atomic E-state index is 12.1. The van der Waals surface area contributed by atoms with Crippen molar-refractivity contribution in [1.29, 1.82) is 0 Å². The fourth-order valence-electron chi connectivity index (χ4n) is 1.83. The largest absolute Gasteiger partial charge is 0.479 e. The molecular formula is C15H14N2O3. The molecule has 2 aromatic carbocycles. The van der Waals surface area contributed by atoms with Gasteiger partial charge in [0.15, 0.2) is 6.04 Å². The van der Waals surface area contributed by atoms with Crippen LogP contribution < -0.4 is 11.1 Å². The Balaban J connectivity index is 2.21. The molecule has 102 valence electrons. The van der Waals surface area contributed by atoms with Crippen molar-refractivity contribution in [3.05, 3.63) is 65.7 Å². The SMILES string of the molecule is Nc1cccc(C(=O)N[C@H](C(=O)O)c2ccccc2)c1. The first kappa shape index (κ1) is 13.6. The van der Waals surface area contributed by atoms with E-state index < -0.39 is 17.9 Å². The molecule has 1 atom stereocenters. The fourth-order valence-corrected chi connectivity index (χ4v) is 1.83. The summed E-state index contributed by atoms with van der Waals surface area (Å²) in [7, 11) is 0. The number of hydrogen-bond acceptors (Lipinski definition) is 3. The van der Waals surface area contributed by atoms with Gasteiger partial charge in [0.2, 0.25) is 0 Å². The van der Waals surface area contributed by atoms with E-state index in [2.05, 4.69) is 5.32 Å². The number of anilines is 1. The molecule has 0 aliphatic rings. The minimum atomic E-state index is -1.12. The van der Waals surface area contributed by atoms with Crippen molar-refractivity contribution in [2.24, 2.45) is 0 Å². The molecule has 0 bridgehead atoms. The Morgan fingerprint density at radius 1 is 1.05 bits per heavy atom. The van der Waals surface area contributed by atoms with Crippen LogP contribution in [0.2, 0.25) is 0 Å². The second-order valence-electron chi connectivity index (χ2n) is 4.28. The summed E-state index contributed by atoms with van der Waals surface area (Å²) in [5.74, 6) is -1.60. The minimum Gasteiger partial charge on any atom is -0.479 e. The zero-order valence-corrected chi connectivity index (χ0v) is 10.6. The van der Waals surface area contributed by atoms with Crippen LogP contribution in [0.5, 0.6) is 0 Å². The monoisotopic (exact) mass is 270 g/mol. The number of rotatable bonds is 4. The smallest absolute Gasteiger partial charge is 0.330 e. The first-order valence-electron chi connectivity index (χ1n) is 6.02. The third-order valence-corrected chi connectivity index (χ3v) is 2.80. The molecule has 0 unspecified atom stereocenters. The van der Waals surface area contributed by atoms with E-state index in [1.165, 1.54) is 6.07 Å². The van der Waals surface area contributed by atoms with Crippen LogP contribution in [0.15, 0.2) is 54.6 Å². The van der Waals surface area contributed by atoms with Gasteiger partial charge in [-0.15, -0.1) is 0 Å². The van der Waals surface area contributed by atoms with Crippen molar-refractivity contribution in [2.75, 3.05) is 5.73 Å². The molecule has 2 aromatic rings. The first-order valence-corrected chi connectivity index (χ1v) is 6.02. The molecule has 2 rings (SSSR count). The van der Waals surface area contributed by atoms with Gasteiger partial charge in [-0.1, -0.05) is 36.4 Å². The van der Waals surface area contributed by atoms with E-state index in [1.807, 2.05) is 0 Å². The highest BCUT2D eigenvalue weighted by Gasteiger charge is 2.22. The van der Waals surface area contributed by atoms with Crippen molar-refractivity contribution in [2.45, 2.75) is 6.04 Å². The van der Waals surface area contributed by atoms with Crippen LogP contribution in [0.4, 0.5) is 5.69 Å². The van der Waals surface area contributed by atoms with Gasteiger partial charge in [-0.05, 0) is 23.8 Å². The Bertz CT molecular complexity index is 626. The van der Waals surface area contributed by atoms with Crippen LogP contribution >= 0.6 is 0 Å². The summed E-state index contributed by atoms with van der Waals surface area (Å²) in [6.07, 6.45) is 0. The quantitative estimate of drug-likeness (QED) is 0.739. The van der Waals surface area contributed by atoms with E-state index in [-0.39, 0.29) is 0 Å². The van der Waals surface area contributed by atoms with Gasteiger partial charge in [-0.2, -0.15) is 0 Å². The Hall–Kier alpha value is -2.82. The lowest BCUT2D eigenvalue weighted by atomic mass is 10.1. The van der Waals surface area contributed by atoms with E-state index in [4.69, 9.17) is 5.73 Å². The van der Waals surface area contributed by atoms with Gasteiger partial charge in [0.25, 0.3) is 5.91 Å². The number of carbonyl (C=O) groups excluding carboxylic acids is 1. The summed E-state index contributed by atoms with van der Waals surface area (Å²) in [6, 6.07) is 13.8. The highest BCUT2D eigenvalue weighted by atomic mass is 16.4. The lowest BCUT2D eigenvalue weighted by molar-refractivity contribution is -0.139. The molecule has 5 nitrogen and oxygen atoms in total. The van der Waals surface area contributed by atoms with E-state index in [9.17, 15) is 14.7 Å². The average molecular weight is 270 g/mol. The summed E-state index contributed by atoms with van der Waals surface area (Å²) >= 11 is 0. The molecule has 0 radical (unpaired) electrons. The molecule has 0 saturated carbocycles. The molecule has 4 N–H and O–H groups in total. The van der Waals surface area contributed by atoms with Crippen LogP contribution in [0.25, 0.3) is 0 Å². The van der Waals surface area contributed by atoms with E-state index in [0.717, 1.165) is 0 Å². The number of nitrogens with two attached hydrogens (primary N) is 1. The van der Waals surface area contributed by atoms with Gasteiger partial charge in [-0.25, -0.2) is 4.79 Å². The molecule has 0 heterocycles. The fraction of sp³-hybridized carbons (Fsp3) is 0.0667. The molecule has 0 fully saturated rings. The topological polar surface area (TPSA) is 92.4 Å². The van der Waals surface area contributed by atoms with Crippen molar-refractivity contribution in [3.63, 3.8) is 0 Å². The van der Waals surface area contributed by atoms with Crippen molar-refractivity contribution in [3.8, 4) is 0 Å². The number of carbonyl (C=O) groups is 2. The standard InChI is InChI=1S/C15H14N2O3/c16-12-8-4-7-11(9-12)14(18)17-13(15(19)20)10-5-2-1-3-6-10/h1-9,13H,16H2,(H,17,18)(H,19,20)/t13-/m0/s1. The highest BCUT2D eigenvalue weighted by molar-refractivity contribution is 5.97. The normalized spacial score (nSPS) is 11.6. The molecule has 20 heavy (non-hydrogen) atoms. The molecule has 0 spiro atoms. The maximum atomic E-state index is 12.1. The summed E-state index contributed by atoms with van der Waals surface area (Å²) in [6.45, 7) is 0. The number of amides is 1. The molecule has 1 amide bonds. The summed E-state index contributed by atoms with van der Waals surface area (Å²) < 4.78 is 0. The second-order valence-corrected chi connectivity index (χ2v) is 4.28. The Morgan fingerprint density at radius 2 is 1.75 bits per heavy atom. The van der Waals surface area contributed by atoms with E-state index in [0.29, 0.717) is 16.8 Å². The zero-order chi connectivity index (χ0) is 14.5. The van der Waals surface area contributed by atoms with Crippen molar-refractivity contribution >= 4 is 17.6 Å². The van der Waals surface area contributed by atoms with Crippen LogP contribution in [0, 0.1) is 0 Å². The van der Waals surface area contributed by atoms with Gasteiger partial charge in [0.1, 0.15) is 0 Å². The molecule has 0 aliphatic carbocycles. The number of aliphatic carboxylic acids is 1. The molecule has 0 saturated heterocycles. The van der Waals surface area contributed by atoms with Crippen molar-refractivity contribution < 1.29 is 14.7 Å². The number of carboxylic acids is 1. The predicted octanol–water partition coefficient (Wildman–Crippen LogP) is 1.82. The summed E-state index contributed by atoms with van der Waals surface area (Å²) in [4.78, 5) is 23.3. The van der Waals surface area contributed by atoms with Crippen LogP contribution in [-0.4, -0.2) is 17.0 Å². The molecule has 0 aliphatic heterocycles. The van der Waals surface area contributed by atoms with Crippen molar-refractivity contribution in [1.82, 2.24) is 5.32 Å². The lowest BCUT2D eigenvalue weighted by Gasteiger charge is -2.15. The Morgan fingerprint density at radius 3 is 2.35 bits per heavy atom. The van der Waals surface area contributed by atoms with Gasteiger partial charge >= 0.3 is 5.97 Å². The van der Waals surface area contributed by atoms with Gasteiger partial charge in [0.05, 0.1) is 0 Å². The van der Waals surface area contributed by atoms with Gasteiger partial charge in [-0.3, -0.25) is 4.79 Å². The lowest BCUT2D eigenvalue weighted by Crippen LogP contribution is -2.33. The summed E-state index contributed by atoms with van der Waals surface area (Å²) in [5, 5.41) is 11.7. The number of nitrogen functional groups attached to an aromatic ring is 1. The van der Waals surface area contributed by atoms with Crippen LogP contribution in [-0.2, 0) is 4.79 Å². The molecular weight excluding hydrogens is 256 g/mol. The number of hydrogen-bond donors (Lipinski definition) is 3. The first-order chi connectivity index (χ1) is 9.58. The molecule has 5 heteroatoms. The average Bonchev–Trinajstić information content (AvgIpc) is 2.45. The Kier molecular flexibility index (Phi) is 4.00. The number of nitrogens with one attached hydrogen (secondary N) is 1. The number of benzene rings is 2. The van der Waals surface area contributed by atoms with E-state index >= 15 is 0 Å². The number of carboxylic acid groups (broad SMARTS) is 1. The Labute approximate surface area is 116 Å². The highest BCUT2D eigenvalue weighted by Crippen LogP contribution is 2.14. The third kappa shape index (κ3) is 3.14. The maximum Gasteiger partial charge on any atom is 0.330 e. The van der Waals surface area contributed by atoms with Gasteiger partial charge < -0.3 is 16.2 Å². The van der Waals surface area contributed by atoms with Crippen LogP contribution in [0.3, 0.4) is 0 Å². The van der Waals surface area contributed by atoms with Gasteiger partial charge in [0, 0.05) is 11.3 Å². The zero-order valence-electron chi connectivity index (χ0n) is 10.6. The molecule has 0 aromatic heterocycles. The predicted molar refractivity (Wildman–Crippen MR) is 75.1 cm³/mol. The minimum absolute atomic E-state index is 0.326. The second kappa shape index (κ2) is 5.88. The van der Waals surface area contributed by atoms with Crippen LogP contribution in [0.1, 0.15) is 22.0 Å².